The smallest absolute Gasteiger partial charge is 0.264 e. The van der Waals surface area contributed by atoms with Crippen LogP contribution in [0.15, 0.2) is 65.8 Å². The van der Waals surface area contributed by atoms with Gasteiger partial charge in [-0.3, -0.25) is 14.1 Å². The van der Waals surface area contributed by atoms with E-state index in [1.165, 1.54) is 25.2 Å². The van der Waals surface area contributed by atoms with Crippen LogP contribution < -0.4 is 14.4 Å². The second kappa shape index (κ2) is 9.13. The number of halogens is 1. The number of anilines is 2. The number of amides is 1. The lowest BCUT2D eigenvalue weighted by Crippen LogP contribution is -2.27. The highest BCUT2D eigenvalue weighted by molar-refractivity contribution is 7.92. The van der Waals surface area contributed by atoms with Gasteiger partial charge in [0.1, 0.15) is 11.6 Å². The molecule has 0 aliphatic heterocycles. The molecule has 1 amide bonds. The monoisotopic (exact) mass is 443 g/mol. The highest BCUT2D eigenvalue weighted by Gasteiger charge is 2.24. The van der Waals surface area contributed by atoms with Crippen molar-refractivity contribution in [2.45, 2.75) is 18.7 Å². The average molecular weight is 444 g/mol. The van der Waals surface area contributed by atoms with E-state index in [9.17, 15) is 17.6 Å². The Labute approximate surface area is 180 Å². The first kappa shape index (κ1) is 22.2. The van der Waals surface area contributed by atoms with E-state index in [4.69, 9.17) is 4.74 Å². The van der Waals surface area contributed by atoms with Crippen molar-refractivity contribution in [2.24, 2.45) is 0 Å². The molecular formula is C22H22FN3O4S. The number of hydrogen-bond acceptors (Lipinski definition) is 5. The number of sulfonamides is 1. The Morgan fingerprint density at radius 3 is 2.52 bits per heavy atom. The predicted octanol–water partition coefficient (Wildman–Crippen LogP) is 3.68. The van der Waals surface area contributed by atoms with Crippen molar-refractivity contribution < 1.29 is 22.3 Å². The molecule has 31 heavy (non-hydrogen) atoms. The van der Waals surface area contributed by atoms with Crippen LogP contribution in [0.5, 0.6) is 5.75 Å². The lowest BCUT2D eigenvalue weighted by Gasteiger charge is -2.22. The fourth-order valence-electron chi connectivity index (χ4n) is 2.91. The van der Waals surface area contributed by atoms with Crippen molar-refractivity contribution in [2.75, 3.05) is 23.3 Å². The van der Waals surface area contributed by atoms with Gasteiger partial charge in [0.05, 0.1) is 10.6 Å². The summed E-state index contributed by atoms with van der Waals surface area (Å²) in [5.41, 5.74) is 2.09. The minimum atomic E-state index is -4.00. The van der Waals surface area contributed by atoms with E-state index in [0.717, 1.165) is 15.9 Å². The van der Waals surface area contributed by atoms with Crippen LogP contribution in [0.25, 0.3) is 0 Å². The number of hydrogen-bond donors (Lipinski definition) is 1. The Morgan fingerprint density at radius 1 is 1.10 bits per heavy atom. The minimum Gasteiger partial charge on any atom is -0.484 e. The van der Waals surface area contributed by atoms with Gasteiger partial charge < -0.3 is 10.1 Å². The van der Waals surface area contributed by atoms with Gasteiger partial charge in [-0.05, 0) is 61.4 Å². The maximum Gasteiger partial charge on any atom is 0.264 e. The molecule has 0 unspecified atom stereocenters. The molecule has 162 valence electrons. The number of carbonyl (C=O) groups excluding carboxylic acids is 1. The molecule has 0 aliphatic carbocycles. The fourth-order valence-corrected chi connectivity index (χ4v) is 4.33. The van der Waals surface area contributed by atoms with E-state index >= 15 is 0 Å². The molecule has 2 aromatic carbocycles. The fraction of sp³-hybridized carbons (Fsp3) is 0.182. The van der Waals surface area contributed by atoms with Gasteiger partial charge in [-0.2, -0.15) is 0 Å². The number of ether oxygens (including phenoxy) is 1. The van der Waals surface area contributed by atoms with Crippen molar-refractivity contribution in [3.05, 3.63) is 77.9 Å². The summed E-state index contributed by atoms with van der Waals surface area (Å²) in [4.78, 5) is 15.9. The van der Waals surface area contributed by atoms with Crippen LogP contribution in [0, 0.1) is 19.7 Å². The van der Waals surface area contributed by atoms with Crippen molar-refractivity contribution in [3.63, 3.8) is 0 Å². The Balaban J connectivity index is 1.78. The van der Waals surface area contributed by atoms with E-state index in [1.54, 1.807) is 50.5 Å². The first-order valence-electron chi connectivity index (χ1n) is 9.36. The van der Waals surface area contributed by atoms with Gasteiger partial charge in [0.2, 0.25) is 0 Å². The number of benzene rings is 2. The zero-order chi connectivity index (χ0) is 22.6. The average Bonchev–Trinajstić information content (AvgIpc) is 2.73. The Bertz CT molecular complexity index is 1200. The third-order valence-corrected chi connectivity index (χ3v) is 6.45. The number of rotatable bonds is 7. The molecule has 1 heterocycles. The zero-order valence-corrected chi connectivity index (χ0v) is 18.1. The maximum atomic E-state index is 13.7. The first-order chi connectivity index (χ1) is 14.7. The summed E-state index contributed by atoms with van der Waals surface area (Å²) >= 11 is 0. The van der Waals surface area contributed by atoms with Crippen molar-refractivity contribution in [3.8, 4) is 5.75 Å². The molecule has 1 N–H and O–H groups in total. The van der Waals surface area contributed by atoms with Gasteiger partial charge in [-0.15, -0.1) is 0 Å². The second-order valence-corrected chi connectivity index (χ2v) is 8.90. The van der Waals surface area contributed by atoms with Crippen molar-refractivity contribution >= 4 is 27.3 Å². The molecule has 0 saturated carbocycles. The summed E-state index contributed by atoms with van der Waals surface area (Å²) in [6, 6.07) is 11.8. The molecule has 3 rings (SSSR count). The van der Waals surface area contributed by atoms with E-state index in [0.29, 0.717) is 22.7 Å². The topological polar surface area (TPSA) is 88.6 Å². The first-order valence-corrected chi connectivity index (χ1v) is 10.8. The zero-order valence-electron chi connectivity index (χ0n) is 17.3. The highest BCUT2D eigenvalue weighted by Crippen LogP contribution is 2.29. The molecule has 7 nitrogen and oxygen atoms in total. The highest BCUT2D eigenvalue weighted by atomic mass is 32.2. The summed E-state index contributed by atoms with van der Waals surface area (Å²) in [6.07, 6.45) is 3.11. The molecule has 0 bridgehead atoms. The summed E-state index contributed by atoms with van der Waals surface area (Å²) in [7, 11) is -2.61. The van der Waals surface area contributed by atoms with Crippen molar-refractivity contribution in [1.82, 2.24) is 4.98 Å². The Morgan fingerprint density at radius 2 is 1.81 bits per heavy atom. The van der Waals surface area contributed by atoms with E-state index < -0.39 is 15.8 Å². The van der Waals surface area contributed by atoms with Gasteiger partial charge in [0.25, 0.3) is 15.9 Å². The summed E-state index contributed by atoms with van der Waals surface area (Å²) in [5, 5.41) is 2.68. The van der Waals surface area contributed by atoms with E-state index in [2.05, 4.69) is 10.3 Å². The molecule has 1 aromatic heterocycles. The molecule has 9 heteroatoms. The van der Waals surface area contributed by atoms with Crippen LogP contribution in [0.4, 0.5) is 15.8 Å². The van der Waals surface area contributed by atoms with Gasteiger partial charge in [0.15, 0.2) is 6.61 Å². The molecular weight excluding hydrogens is 421 g/mol. The number of nitrogens with zero attached hydrogens (tertiary/aromatic N) is 2. The molecule has 0 atom stereocenters. The molecule has 0 saturated heterocycles. The SMILES string of the molecule is Cc1cc(OCC(=O)Nc2ccncc2)cc(N(C)S(=O)(=O)c2cc(F)ccc2C)c1. The predicted molar refractivity (Wildman–Crippen MR) is 116 cm³/mol. The molecule has 0 spiro atoms. The van der Waals surface area contributed by atoms with Crippen LogP contribution in [-0.4, -0.2) is 33.0 Å². The largest absolute Gasteiger partial charge is 0.484 e. The van der Waals surface area contributed by atoms with Crippen LogP contribution in [0.1, 0.15) is 11.1 Å². The minimum absolute atomic E-state index is 0.115. The van der Waals surface area contributed by atoms with Gasteiger partial charge in [0, 0.05) is 31.2 Å². The normalized spacial score (nSPS) is 11.1. The number of aromatic nitrogens is 1. The summed E-state index contributed by atoms with van der Waals surface area (Å²) < 4.78 is 46.4. The van der Waals surface area contributed by atoms with Gasteiger partial charge >= 0.3 is 0 Å². The number of pyridine rings is 1. The van der Waals surface area contributed by atoms with Crippen LogP contribution in [-0.2, 0) is 14.8 Å². The number of aryl methyl sites for hydroxylation is 2. The molecule has 3 aromatic rings. The quantitative estimate of drug-likeness (QED) is 0.602. The number of carbonyl (C=O) groups is 1. The van der Waals surface area contributed by atoms with Gasteiger partial charge in [-0.1, -0.05) is 6.07 Å². The van der Waals surface area contributed by atoms with Crippen LogP contribution >= 0.6 is 0 Å². The summed E-state index contributed by atoms with van der Waals surface area (Å²) in [6.45, 7) is 3.12. The van der Waals surface area contributed by atoms with E-state index in [1.807, 2.05) is 0 Å². The molecule has 0 aliphatic rings. The van der Waals surface area contributed by atoms with Crippen LogP contribution in [0.3, 0.4) is 0 Å². The Kier molecular flexibility index (Phi) is 6.55. The van der Waals surface area contributed by atoms with Crippen LogP contribution in [0.2, 0.25) is 0 Å². The van der Waals surface area contributed by atoms with Crippen molar-refractivity contribution in [1.29, 1.82) is 0 Å². The van der Waals surface area contributed by atoms with E-state index in [-0.39, 0.29) is 17.4 Å². The second-order valence-electron chi connectivity index (χ2n) is 6.96. The Hall–Kier alpha value is -3.46. The molecule has 0 radical (unpaired) electrons. The maximum absolute atomic E-state index is 13.7. The lowest BCUT2D eigenvalue weighted by molar-refractivity contribution is -0.118. The molecule has 0 fully saturated rings. The standard InChI is InChI=1S/C22H22FN3O4S/c1-15-10-19(26(3)31(28,29)21-12-17(23)5-4-16(21)2)13-20(11-15)30-14-22(27)25-18-6-8-24-9-7-18/h4-13H,14H2,1-3H3,(H,24,25,27). The third kappa shape index (κ3) is 5.37. The van der Waals surface area contributed by atoms with Gasteiger partial charge in [-0.25, -0.2) is 12.8 Å². The number of nitrogens with one attached hydrogen (secondary N) is 1. The third-order valence-electron chi connectivity index (χ3n) is 4.52. The lowest BCUT2D eigenvalue weighted by atomic mass is 10.2. The summed E-state index contributed by atoms with van der Waals surface area (Å²) in [5.74, 6) is -0.672.